The van der Waals surface area contributed by atoms with Gasteiger partial charge in [-0.2, -0.15) is 0 Å². The summed E-state index contributed by atoms with van der Waals surface area (Å²) in [5, 5.41) is 13.2. The molecule has 0 heterocycles. The third-order valence-electron chi connectivity index (χ3n) is 3.28. The molecular formula is C16H18BrNO. The van der Waals surface area contributed by atoms with E-state index in [9.17, 15) is 5.11 Å². The molecule has 2 rings (SSSR count). The van der Waals surface area contributed by atoms with Gasteiger partial charge in [0.1, 0.15) is 5.75 Å². The van der Waals surface area contributed by atoms with E-state index in [0.717, 1.165) is 10.0 Å². The van der Waals surface area contributed by atoms with Gasteiger partial charge in [-0.15, -0.1) is 0 Å². The monoisotopic (exact) mass is 319 g/mol. The fourth-order valence-corrected chi connectivity index (χ4v) is 2.21. The molecule has 19 heavy (non-hydrogen) atoms. The van der Waals surface area contributed by atoms with Gasteiger partial charge < -0.3 is 10.4 Å². The van der Waals surface area contributed by atoms with Crippen molar-refractivity contribution in [3.8, 4) is 5.75 Å². The first-order chi connectivity index (χ1) is 8.99. The van der Waals surface area contributed by atoms with E-state index >= 15 is 0 Å². The standard InChI is InChI=1S/C16H18BrNO/c1-16(2,13-7-9-14(17)10-8-13)18-11-12-5-3-4-6-15(12)19/h3-10,18-19H,11H2,1-2H3. The number of hydrogen-bond donors (Lipinski definition) is 2. The first-order valence-electron chi connectivity index (χ1n) is 6.27. The average molecular weight is 320 g/mol. The highest BCUT2D eigenvalue weighted by Crippen LogP contribution is 2.24. The van der Waals surface area contributed by atoms with Crippen LogP contribution in [0, 0.1) is 0 Å². The maximum atomic E-state index is 9.77. The van der Waals surface area contributed by atoms with Crippen molar-refractivity contribution in [3.05, 3.63) is 64.1 Å². The number of para-hydroxylation sites is 1. The van der Waals surface area contributed by atoms with E-state index in [0.29, 0.717) is 12.3 Å². The Morgan fingerprint density at radius 3 is 2.32 bits per heavy atom. The van der Waals surface area contributed by atoms with Gasteiger partial charge in [0, 0.05) is 22.1 Å². The molecule has 2 aromatic carbocycles. The zero-order valence-electron chi connectivity index (χ0n) is 11.2. The molecule has 2 nitrogen and oxygen atoms in total. The highest BCUT2D eigenvalue weighted by Gasteiger charge is 2.19. The van der Waals surface area contributed by atoms with Crippen LogP contribution in [0.3, 0.4) is 0 Å². The lowest BCUT2D eigenvalue weighted by Crippen LogP contribution is -2.35. The molecule has 0 amide bonds. The molecular weight excluding hydrogens is 302 g/mol. The van der Waals surface area contributed by atoms with Crippen molar-refractivity contribution in [2.24, 2.45) is 0 Å². The third kappa shape index (κ3) is 3.58. The van der Waals surface area contributed by atoms with Gasteiger partial charge in [0.15, 0.2) is 0 Å². The Hall–Kier alpha value is -1.32. The Bertz CT molecular complexity index is 549. The van der Waals surface area contributed by atoms with Crippen LogP contribution >= 0.6 is 15.9 Å². The fourth-order valence-electron chi connectivity index (χ4n) is 1.95. The van der Waals surface area contributed by atoms with Gasteiger partial charge in [-0.25, -0.2) is 0 Å². The minimum Gasteiger partial charge on any atom is -0.508 e. The van der Waals surface area contributed by atoms with Crippen molar-refractivity contribution >= 4 is 15.9 Å². The first kappa shape index (κ1) is 14.1. The van der Waals surface area contributed by atoms with E-state index in [1.807, 2.05) is 30.3 Å². The second-order valence-corrected chi connectivity index (χ2v) is 6.03. The highest BCUT2D eigenvalue weighted by molar-refractivity contribution is 9.10. The first-order valence-corrected chi connectivity index (χ1v) is 7.06. The number of phenols is 1. The second kappa shape index (κ2) is 5.76. The summed E-state index contributed by atoms with van der Waals surface area (Å²) in [6.07, 6.45) is 0. The molecule has 0 fully saturated rings. The van der Waals surface area contributed by atoms with E-state index in [-0.39, 0.29) is 5.54 Å². The molecule has 0 unspecified atom stereocenters. The SMILES string of the molecule is CC(C)(NCc1ccccc1O)c1ccc(Br)cc1. The fraction of sp³-hybridized carbons (Fsp3) is 0.250. The van der Waals surface area contributed by atoms with Crippen LogP contribution in [0.4, 0.5) is 0 Å². The molecule has 0 saturated heterocycles. The molecule has 3 heteroatoms. The van der Waals surface area contributed by atoms with Crippen molar-refractivity contribution in [1.29, 1.82) is 0 Å². The van der Waals surface area contributed by atoms with Crippen molar-refractivity contribution in [3.63, 3.8) is 0 Å². The number of benzene rings is 2. The summed E-state index contributed by atoms with van der Waals surface area (Å²) in [7, 11) is 0. The van der Waals surface area contributed by atoms with Crippen LogP contribution < -0.4 is 5.32 Å². The Morgan fingerprint density at radius 1 is 1.05 bits per heavy atom. The van der Waals surface area contributed by atoms with Crippen LogP contribution in [-0.4, -0.2) is 5.11 Å². The molecule has 0 aliphatic heterocycles. The van der Waals surface area contributed by atoms with Crippen molar-refractivity contribution in [2.45, 2.75) is 25.9 Å². The van der Waals surface area contributed by atoms with Crippen LogP contribution in [-0.2, 0) is 12.1 Å². The Labute approximate surface area is 122 Å². The molecule has 0 spiro atoms. The average Bonchev–Trinajstić information content (AvgIpc) is 2.38. The molecule has 2 aromatic rings. The van der Waals surface area contributed by atoms with Crippen molar-refractivity contribution in [2.75, 3.05) is 0 Å². The molecule has 0 aliphatic carbocycles. The minimum atomic E-state index is -0.150. The summed E-state index contributed by atoms with van der Waals surface area (Å²) in [6, 6.07) is 15.7. The number of nitrogens with one attached hydrogen (secondary N) is 1. The Morgan fingerprint density at radius 2 is 1.68 bits per heavy atom. The highest BCUT2D eigenvalue weighted by atomic mass is 79.9. The maximum absolute atomic E-state index is 9.77. The lowest BCUT2D eigenvalue weighted by molar-refractivity contribution is 0.392. The van der Waals surface area contributed by atoms with E-state index in [1.165, 1.54) is 5.56 Å². The number of hydrogen-bond acceptors (Lipinski definition) is 2. The summed E-state index contributed by atoms with van der Waals surface area (Å²) in [5.41, 5.74) is 1.97. The van der Waals surface area contributed by atoms with Crippen LogP contribution in [0.25, 0.3) is 0 Å². The molecule has 0 bridgehead atoms. The van der Waals surface area contributed by atoms with Gasteiger partial charge in [-0.3, -0.25) is 0 Å². The molecule has 2 N–H and O–H groups in total. The Balaban J connectivity index is 2.09. The zero-order valence-corrected chi connectivity index (χ0v) is 12.7. The van der Waals surface area contributed by atoms with Crippen molar-refractivity contribution in [1.82, 2.24) is 5.32 Å². The van der Waals surface area contributed by atoms with E-state index in [1.54, 1.807) is 6.07 Å². The number of halogens is 1. The molecule has 100 valence electrons. The molecule has 0 aliphatic rings. The van der Waals surface area contributed by atoms with Crippen LogP contribution in [0.2, 0.25) is 0 Å². The number of rotatable bonds is 4. The zero-order chi connectivity index (χ0) is 13.9. The molecule has 0 saturated carbocycles. The summed E-state index contributed by atoms with van der Waals surface area (Å²) in [6.45, 7) is 4.90. The second-order valence-electron chi connectivity index (χ2n) is 5.11. The van der Waals surface area contributed by atoms with E-state index in [2.05, 4.69) is 47.2 Å². The lowest BCUT2D eigenvalue weighted by Gasteiger charge is -2.27. The maximum Gasteiger partial charge on any atom is 0.120 e. The summed E-state index contributed by atoms with van der Waals surface area (Å²) in [4.78, 5) is 0. The quantitative estimate of drug-likeness (QED) is 0.886. The van der Waals surface area contributed by atoms with Gasteiger partial charge in [0.25, 0.3) is 0 Å². The van der Waals surface area contributed by atoms with Gasteiger partial charge in [-0.05, 0) is 37.6 Å². The molecule has 0 atom stereocenters. The van der Waals surface area contributed by atoms with Gasteiger partial charge >= 0.3 is 0 Å². The largest absolute Gasteiger partial charge is 0.508 e. The normalized spacial score (nSPS) is 11.5. The number of aromatic hydroxyl groups is 1. The summed E-state index contributed by atoms with van der Waals surface area (Å²) < 4.78 is 1.08. The van der Waals surface area contributed by atoms with Crippen molar-refractivity contribution < 1.29 is 5.11 Å². The van der Waals surface area contributed by atoms with E-state index < -0.39 is 0 Å². The van der Waals surface area contributed by atoms with Crippen LogP contribution in [0.5, 0.6) is 5.75 Å². The lowest BCUT2D eigenvalue weighted by atomic mass is 9.94. The third-order valence-corrected chi connectivity index (χ3v) is 3.81. The van der Waals surface area contributed by atoms with Gasteiger partial charge in [0.05, 0.1) is 0 Å². The predicted octanol–water partition coefficient (Wildman–Crippen LogP) is 4.18. The smallest absolute Gasteiger partial charge is 0.120 e. The summed E-state index contributed by atoms with van der Waals surface area (Å²) >= 11 is 3.44. The summed E-state index contributed by atoms with van der Waals surface area (Å²) in [5.74, 6) is 0.335. The topological polar surface area (TPSA) is 32.3 Å². The Kier molecular flexibility index (Phi) is 4.27. The number of phenolic OH excluding ortho intramolecular Hbond substituents is 1. The molecule has 0 aromatic heterocycles. The minimum absolute atomic E-state index is 0.150. The van der Waals surface area contributed by atoms with Gasteiger partial charge in [-0.1, -0.05) is 46.3 Å². The molecule has 0 radical (unpaired) electrons. The van der Waals surface area contributed by atoms with E-state index in [4.69, 9.17) is 0 Å². The van der Waals surface area contributed by atoms with Crippen LogP contribution in [0.1, 0.15) is 25.0 Å². The van der Waals surface area contributed by atoms with Gasteiger partial charge in [0.2, 0.25) is 0 Å². The predicted molar refractivity (Wildman–Crippen MR) is 82.1 cm³/mol. The van der Waals surface area contributed by atoms with Crippen LogP contribution in [0.15, 0.2) is 53.0 Å².